The summed E-state index contributed by atoms with van der Waals surface area (Å²) in [5.74, 6) is -1.38. The van der Waals surface area contributed by atoms with Crippen LogP contribution in [-0.2, 0) is 18.1 Å². The normalized spacial score (nSPS) is 14.5. The molecule has 0 radical (unpaired) electrons. The third-order valence-electron chi connectivity index (χ3n) is 1.21. The fourth-order valence-electron chi connectivity index (χ4n) is 0.711. The summed E-state index contributed by atoms with van der Waals surface area (Å²) < 4.78 is 47.9. The fraction of sp³-hybridized carbons (Fsp3) is 0.714. The Morgan fingerprint density at radius 1 is 1.29 bits per heavy atom. The highest BCUT2D eigenvalue weighted by Gasteiger charge is 2.41. The van der Waals surface area contributed by atoms with E-state index in [9.17, 15) is 13.3 Å². The molecule has 0 amide bonds. The topological polar surface area (TPSA) is 44.8 Å². The molecule has 0 aliphatic carbocycles. The summed E-state index contributed by atoms with van der Waals surface area (Å²) in [7, 11) is -4.22. The molecular weight excluding hydrogens is 323 g/mol. The lowest BCUT2D eigenvalue weighted by Gasteiger charge is -2.21. The van der Waals surface area contributed by atoms with Crippen molar-refractivity contribution in [3.05, 3.63) is 11.0 Å². The van der Waals surface area contributed by atoms with Crippen LogP contribution in [0.15, 0.2) is 11.0 Å². The average Bonchev–Trinajstić information content (AvgIpc) is 2.13. The van der Waals surface area contributed by atoms with Crippen LogP contribution in [0.4, 0.5) is 8.78 Å². The highest BCUT2D eigenvalue weighted by Crippen LogP contribution is 2.55. The van der Waals surface area contributed by atoms with E-state index in [4.69, 9.17) is 34.8 Å². The van der Waals surface area contributed by atoms with Gasteiger partial charge in [-0.2, -0.15) is 8.78 Å². The molecule has 0 unspecified atom stereocenters. The van der Waals surface area contributed by atoms with Gasteiger partial charge in [-0.3, -0.25) is 9.05 Å². The van der Waals surface area contributed by atoms with Crippen molar-refractivity contribution in [1.29, 1.82) is 0 Å². The molecule has 17 heavy (non-hydrogen) atoms. The molecule has 0 aromatic heterocycles. The van der Waals surface area contributed by atoms with E-state index in [-0.39, 0.29) is 13.2 Å². The lowest BCUT2D eigenvalue weighted by atomic mass is 10.6. The number of hydrogen-bond acceptors (Lipinski definition) is 4. The van der Waals surface area contributed by atoms with Gasteiger partial charge in [0.2, 0.25) is 11.0 Å². The second-order valence-corrected chi connectivity index (χ2v) is 5.62. The van der Waals surface area contributed by atoms with Gasteiger partial charge in [-0.1, -0.05) is 23.2 Å². The van der Waals surface area contributed by atoms with Gasteiger partial charge in [0, 0.05) is 0 Å². The van der Waals surface area contributed by atoms with E-state index in [0.717, 1.165) is 0 Å². The van der Waals surface area contributed by atoms with E-state index in [2.05, 4.69) is 13.6 Å². The van der Waals surface area contributed by atoms with Crippen molar-refractivity contribution in [2.24, 2.45) is 0 Å². The molecular formula is C7H10Cl3F2O4P. The molecule has 0 heterocycles. The van der Waals surface area contributed by atoms with Gasteiger partial charge in [0.25, 0.3) is 0 Å². The van der Waals surface area contributed by atoms with Crippen LogP contribution in [0.1, 0.15) is 13.8 Å². The molecule has 0 aliphatic heterocycles. The summed E-state index contributed by atoms with van der Waals surface area (Å²) in [6.07, 6.45) is 0. The number of phosphoric ester groups is 1. The number of alkyl halides is 3. The van der Waals surface area contributed by atoms with Crippen LogP contribution < -0.4 is 0 Å². The van der Waals surface area contributed by atoms with Gasteiger partial charge in [0.15, 0.2) is 0 Å². The van der Waals surface area contributed by atoms with Crippen molar-refractivity contribution in [3.8, 4) is 0 Å². The van der Waals surface area contributed by atoms with Crippen molar-refractivity contribution in [1.82, 2.24) is 0 Å². The summed E-state index contributed by atoms with van der Waals surface area (Å²) >= 11 is 14.8. The molecule has 0 saturated heterocycles. The average molecular weight is 333 g/mol. The zero-order valence-electron chi connectivity index (χ0n) is 8.88. The number of phosphoric acid groups is 1. The Morgan fingerprint density at radius 2 is 1.71 bits per heavy atom. The second kappa shape index (κ2) is 7.12. The van der Waals surface area contributed by atoms with Crippen LogP contribution in [0.3, 0.4) is 0 Å². The molecule has 0 aromatic carbocycles. The van der Waals surface area contributed by atoms with Gasteiger partial charge in [-0.05, 0) is 25.4 Å². The Labute approximate surface area is 112 Å². The molecule has 0 spiro atoms. The summed E-state index contributed by atoms with van der Waals surface area (Å²) in [4.78, 5) is 0. The van der Waals surface area contributed by atoms with Gasteiger partial charge in [0.05, 0.1) is 13.2 Å². The summed E-state index contributed by atoms with van der Waals surface area (Å²) in [5, 5.41) is -1.70. The first-order valence-corrected chi connectivity index (χ1v) is 6.97. The van der Waals surface area contributed by atoms with Crippen LogP contribution in [-0.4, -0.2) is 17.8 Å². The summed E-state index contributed by atoms with van der Waals surface area (Å²) in [5.41, 5.74) is 0. The van der Waals surface area contributed by atoms with Gasteiger partial charge >= 0.3 is 12.4 Å². The molecule has 102 valence electrons. The number of rotatable bonds is 7. The lowest BCUT2D eigenvalue weighted by molar-refractivity contribution is 0.132. The van der Waals surface area contributed by atoms with Gasteiger partial charge in [-0.25, -0.2) is 4.57 Å². The first-order chi connectivity index (χ1) is 7.66. The fourth-order valence-corrected chi connectivity index (χ4v) is 2.62. The smallest absolute Gasteiger partial charge is 0.398 e. The number of hydrogen-bond donors (Lipinski definition) is 0. The van der Waals surface area contributed by atoms with E-state index in [1.54, 1.807) is 0 Å². The molecule has 0 fully saturated rings. The zero-order chi connectivity index (χ0) is 13.7. The Morgan fingerprint density at radius 3 is 1.94 bits per heavy atom. The van der Waals surface area contributed by atoms with Gasteiger partial charge in [0.1, 0.15) is 0 Å². The van der Waals surface area contributed by atoms with Crippen molar-refractivity contribution in [2.75, 3.05) is 13.2 Å². The Kier molecular flexibility index (Phi) is 7.29. The largest absolute Gasteiger partial charge is 0.530 e. The van der Waals surface area contributed by atoms with Gasteiger partial charge in [-0.15, -0.1) is 0 Å². The number of allylic oxidation sites excluding steroid dienone is 1. The molecule has 0 N–H and O–H groups in total. The van der Waals surface area contributed by atoms with E-state index in [1.807, 2.05) is 0 Å². The van der Waals surface area contributed by atoms with Crippen LogP contribution in [0.5, 0.6) is 0 Å². The monoisotopic (exact) mass is 332 g/mol. The Bertz CT molecular complexity index is 318. The predicted molar refractivity (Wildman–Crippen MR) is 61.5 cm³/mol. The maximum atomic E-state index is 13.1. The molecule has 4 nitrogen and oxygen atoms in total. The van der Waals surface area contributed by atoms with Gasteiger partial charge < -0.3 is 4.52 Å². The third kappa shape index (κ3) is 6.22. The molecule has 0 aromatic rings. The predicted octanol–water partition coefficient (Wildman–Crippen LogP) is 4.66. The van der Waals surface area contributed by atoms with Crippen LogP contribution in [0.2, 0.25) is 0 Å². The molecule has 0 saturated carbocycles. The summed E-state index contributed by atoms with van der Waals surface area (Å²) in [6, 6.07) is 0. The first-order valence-electron chi connectivity index (χ1n) is 4.37. The van der Waals surface area contributed by atoms with E-state index >= 15 is 0 Å². The van der Waals surface area contributed by atoms with E-state index in [1.165, 1.54) is 13.8 Å². The van der Waals surface area contributed by atoms with Crippen molar-refractivity contribution < 1.29 is 26.9 Å². The second-order valence-electron chi connectivity index (χ2n) is 2.46. The molecule has 0 atom stereocenters. The highest BCUT2D eigenvalue weighted by molar-refractivity contribution is 7.48. The highest BCUT2D eigenvalue weighted by atomic mass is 35.5. The lowest BCUT2D eigenvalue weighted by Crippen LogP contribution is -2.13. The number of halogens is 5. The van der Waals surface area contributed by atoms with Crippen LogP contribution in [0.25, 0.3) is 0 Å². The van der Waals surface area contributed by atoms with E-state index in [0.29, 0.717) is 0 Å². The van der Waals surface area contributed by atoms with Crippen molar-refractivity contribution in [3.63, 3.8) is 0 Å². The van der Waals surface area contributed by atoms with Crippen LogP contribution >= 0.6 is 42.6 Å². The Balaban J connectivity index is 5.10. The first kappa shape index (κ1) is 17.4. The molecule has 0 rings (SSSR count). The van der Waals surface area contributed by atoms with E-state index < -0.39 is 23.5 Å². The van der Waals surface area contributed by atoms with Crippen LogP contribution in [0, 0.1) is 0 Å². The third-order valence-corrected chi connectivity index (χ3v) is 3.28. The molecule has 0 aliphatic rings. The minimum absolute atomic E-state index is 0.0850. The zero-order valence-corrected chi connectivity index (χ0v) is 12.0. The Hall–Kier alpha value is 0.420. The molecule has 0 bridgehead atoms. The summed E-state index contributed by atoms with van der Waals surface area (Å²) in [6.45, 7) is 2.77. The quantitative estimate of drug-likeness (QED) is 0.386. The minimum Gasteiger partial charge on any atom is -0.398 e. The maximum Gasteiger partial charge on any atom is 0.530 e. The van der Waals surface area contributed by atoms with Crippen molar-refractivity contribution in [2.45, 2.75) is 18.4 Å². The minimum atomic E-state index is -4.22. The SMILES string of the molecule is CCOP(=O)(OCC)OC(=C(F)Cl)C(F)(Cl)Cl. The standard InChI is InChI=1S/C7H10Cl3F2O4P/c1-3-14-17(13,15-4-2)16-5(6(8)11)7(9,10)12/h3-4H2,1-2H3. The van der Waals surface area contributed by atoms with Crippen molar-refractivity contribution >= 4 is 42.6 Å². The molecule has 10 heteroatoms. The maximum absolute atomic E-state index is 13.1.